The van der Waals surface area contributed by atoms with Crippen molar-refractivity contribution < 1.29 is 4.79 Å². The Balaban J connectivity index is 1.93. The molecule has 2 rings (SSSR count). The molecule has 1 aromatic heterocycles. The molecular weight excluding hydrogens is 318 g/mol. The van der Waals surface area contributed by atoms with Crippen LogP contribution < -0.4 is 10.6 Å². The molecule has 0 aliphatic carbocycles. The smallest absolute Gasteiger partial charge is 0.315 e. The second-order valence-electron chi connectivity index (χ2n) is 7.34. The van der Waals surface area contributed by atoms with E-state index in [9.17, 15) is 4.79 Å². The Hall–Kier alpha value is -1.88. The Kier molecular flexibility index (Phi) is 5.99. The molecule has 0 aliphatic heterocycles. The van der Waals surface area contributed by atoms with Crippen LogP contribution in [0.25, 0.3) is 0 Å². The quantitative estimate of drug-likeness (QED) is 0.829. The van der Waals surface area contributed by atoms with Crippen molar-refractivity contribution in [2.45, 2.75) is 52.6 Å². The summed E-state index contributed by atoms with van der Waals surface area (Å²) < 4.78 is 0. The SMILES string of the molecule is CC(C)C(NC(=O)NCc1nc(C(C)(C)C)cs1)c1ccccc1. The molecule has 1 heterocycles. The average molecular weight is 346 g/mol. The number of nitrogens with zero attached hydrogens (tertiary/aromatic N) is 1. The second kappa shape index (κ2) is 7.79. The fourth-order valence-corrected chi connectivity index (χ4v) is 3.34. The minimum atomic E-state index is -0.162. The molecule has 0 radical (unpaired) electrons. The van der Waals surface area contributed by atoms with Gasteiger partial charge >= 0.3 is 6.03 Å². The number of nitrogens with one attached hydrogen (secondary N) is 2. The maximum atomic E-state index is 12.3. The number of carbonyl (C=O) groups is 1. The van der Waals surface area contributed by atoms with Gasteiger partial charge in [0.15, 0.2) is 0 Å². The lowest BCUT2D eigenvalue weighted by Crippen LogP contribution is -2.39. The van der Waals surface area contributed by atoms with Gasteiger partial charge in [-0.2, -0.15) is 0 Å². The summed E-state index contributed by atoms with van der Waals surface area (Å²) in [6, 6.07) is 9.89. The summed E-state index contributed by atoms with van der Waals surface area (Å²) in [6.07, 6.45) is 0. The number of carbonyl (C=O) groups excluding carboxylic acids is 1. The van der Waals surface area contributed by atoms with Crippen molar-refractivity contribution in [1.82, 2.24) is 15.6 Å². The predicted molar refractivity (Wildman–Crippen MR) is 100 cm³/mol. The molecule has 0 fully saturated rings. The number of rotatable bonds is 5. The third-order valence-corrected chi connectivity index (χ3v) is 4.68. The van der Waals surface area contributed by atoms with Crippen LogP contribution in [-0.2, 0) is 12.0 Å². The van der Waals surface area contributed by atoms with E-state index < -0.39 is 0 Å². The monoisotopic (exact) mass is 345 g/mol. The number of hydrogen-bond acceptors (Lipinski definition) is 3. The van der Waals surface area contributed by atoms with Gasteiger partial charge in [-0.15, -0.1) is 11.3 Å². The van der Waals surface area contributed by atoms with Crippen molar-refractivity contribution in [3.05, 3.63) is 52.0 Å². The van der Waals surface area contributed by atoms with E-state index in [-0.39, 0.29) is 17.5 Å². The van der Waals surface area contributed by atoms with Gasteiger partial charge in [0.25, 0.3) is 0 Å². The van der Waals surface area contributed by atoms with Crippen LogP contribution in [0.1, 0.15) is 56.9 Å². The number of urea groups is 1. The molecule has 0 saturated heterocycles. The zero-order valence-electron chi connectivity index (χ0n) is 15.1. The number of amides is 2. The number of hydrogen-bond donors (Lipinski definition) is 2. The van der Waals surface area contributed by atoms with Gasteiger partial charge in [0.1, 0.15) is 5.01 Å². The van der Waals surface area contributed by atoms with Gasteiger partial charge in [0, 0.05) is 10.8 Å². The molecule has 2 amide bonds. The van der Waals surface area contributed by atoms with Crippen molar-refractivity contribution in [2.24, 2.45) is 5.92 Å². The topological polar surface area (TPSA) is 54.0 Å². The van der Waals surface area contributed by atoms with Gasteiger partial charge in [-0.25, -0.2) is 9.78 Å². The van der Waals surface area contributed by atoms with E-state index in [0.29, 0.717) is 12.5 Å². The van der Waals surface area contributed by atoms with E-state index in [1.165, 1.54) is 0 Å². The van der Waals surface area contributed by atoms with Gasteiger partial charge < -0.3 is 10.6 Å². The average Bonchev–Trinajstić information content (AvgIpc) is 3.00. The van der Waals surface area contributed by atoms with Crippen molar-refractivity contribution in [1.29, 1.82) is 0 Å². The maximum Gasteiger partial charge on any atom is 0.315 e. The largest absolute Gasteiger partial charge is 0.332 e. The third kappa shape index (κ3) is 5.06. The molecule has 24 heavy (non-hydrogen) atoms. The van der Waals surface area contributed by atoms with E-state index in [1.807, 2.05) is 30.3 Å². The minimum Gasteiger partial charge on any atom is -0.332 e. The second-order valence-corrected chi connectivity index (χ2v) is 8.28. The zero-order valence-corrected chi connectivity index (χ0v) is 15.9. The minimum absolute atomic E-state index is 0.00682. The first-order valence-corrected chi connectivity index (χ1v) is 9.19. The first-order chi connectivity index (χ1) is 11.3. The molecule has 0 saturated carbocycles. The molecule has 4 nitrogen and oxygen atoms in total. The van der Waals surface area contributed by atoms with Gasteiger partial charge in [-0.1, -0.05) is 65.0 Å². The Morgan fingerprint density at radius 3 is 2.42 bits per heavy atom. The highest BCUT2D eigenvalue weighted by molar-refractivity contribution is 7.09. The molecule has 5 heteroatoms. The Morgan fingerprint density at radius 2 is 1.88 bits per heavy atom. The Morgan fingerprint density at radius 1 is 1.21 bits per heavy atom. The van der Waals surface area contributed by atoms with Gasteiger partial charge in [0.05, 0.1) is 18.3 Å². The fourth-order valence-electron chi connectivity index (χ4n) is 2.38. The van der Waals surface area contributed by atoms with Crippen molar-refractivity contribution in [3.8, 4) is 0 Å². The van der Waals surface area contributed by atoms with Crippen LogP contribution in [0.5, 0.6) is 0 Å². The van der Waals surface area contributed by atoms with Crippen molar-refractivity contribution in [2.75, 3.05) is 0 Å². The summed E-state index contributed by atoms with van der Waals surface area (Å²) >= 11 is 1.59. The highest BCUT2D eigenvalue weighted by atomic mass is 32.1. The van der Waals surface area contributed by atoms with E-state index in [4.69, 9.17) is 0 Å². The Labute approximate surface area is 148 Å². The van der Waals surface area contributed by atoms with Crippen molar-refractivity contribution >= 4 is 17.4 Å². The van der Waals surface area contributed by atoms with Gasteiger partial charge in [0.2, 0.25) is 0 Å². The molecule has 1 atom stereocenters. The van der Waals surface area contributed by atoms with Crippen molar-refractivity contribution in [3.63, 3.8) is 0 Å². The molecule has 130 valence electrons. The van der Waals surface area contributed by atoms with E-state index in [0.717, 1.165) is 16.3 Å². The fraction of sp³-hybridized carbons (Fsp3) is 0.474. The normalized spacial score (nSPS) is 12.9. The summed E-state index contributed by atoms with van der Waals surface area (Å²) in [5.74, 6) is 0.311. The van der Waals surface area contributed by atoms with Crippen LogP contribution in [0.15, 0.2) is 35.7 Å². The summed E-state index contributed by atoms with van der Waals surface area (Å²) in [6.45, 7) is 11.1. The van der Waals surface area contributed by atoms with Crippen LogP contribution >= 0.6 is 11.3 Å². The Bertz CT molecular complexity index is 659. The van der Waals surface area contributed by atoms with E-state index in [2.05, 4.69) is 55.6 Å². The molecule has 2 N–H and O–H groups in total. The van der Waals surface area contributed by atoms with Crippen LogP contribution in [0, 0.1) is 5.92 Å². The number of aromatic nitrogens is 1. The van der Waals surface area contributed by atoms with Gasteiger partial charge in [-0.05, 0) is 11.5 Å². The third-order valence-electron chi connectivity index (χ3n) is 3.83. The highest BCUT2D eigenvalue weighted by Crippen LogP contribution is 2.24. The number of thiazole rings is 1. The first kappa shape index (κ1) is 18.5. The predicted octanol–water partition coefficient (Wildman–Crippen LogP) is 4.64. The summed E-state index contributed by atoms with van der Waals surface area (Å²) in [5.41, 5.74) is 2.22. The summed E-state index contributed by atoms with van der Waals surface area (Å²) in [4.78, 5) is 16.9. The standard InChI is InChI=1S/C19H27N3OS/c1-13(2)17(14-9-7-6-8-10-14)22-18(23)20-11-16-21-15(12-24-16)19(3,4)5/h6-10,12-13,17H,11H2,1-5H3,(H2,20,22,23). The van der Waals surface area contributed by atoms with Crippen LogP contribution in [0.2, 0.25) is 0 Å². The van der Waals surface area contributed by atoms with E-state index >= 15 is 0 Å². The zero-order chi connectivity index (χ0) is 17.7. The molecule has 1 aromatic carbocycles. The highest BCUT2D eigenvalue weighted by Gasteiger charge is 2.19. The molecule has 2 aromatic rings. The van der Waals surface area contributed by atoms with Crippen LogP contribution in [0.3, 0.4) is 0 Å². The first-order valence-electron chi connectivity index (χ1n) is 8.31. The maximum absolute atomic E-state index is 12.3. The van der Waals surface area contributed by atoms with Crippen LogP contribution in [-0.4, -0.2) is 11.0 Å². The summed E-state index contributed by atoms with van der Waals surface area (Å²) in [7, 11) is 0. The lowest BCUT2D eigenvalue weighted by atomic mass is 9.93. The summed E-state index contributed by atoms with van der Waals surface area (Å²) in [5, 5.41) is 8.98. The molecular formula is C19H27N3OS. The van der Waals surface area contributed by atoms with Gasteiger partial charge in [-0.3, -0.25) is 0 Å². The lowest BCUT2D eigenvalue weighted by molar-refractivity contribution is 0.232. The molecule has 0 bridgehead atoms. The molecule has 1 unspecified atom stereocenters. The van der Waals surface area contributed by atoms with Crippen LogP contribution in [0.4, 0.5) is 4.79 Å². The number of benzene rings is 1. The molecule has 0 spiro atoms. The molecule has 0 aliphatic rings. The lowest BCUT2D eigenvalue weighted by Gasteiger charge is -2.23. The van der Waals surface area contributed by atoms with E-state index in [1.54, 1.807) is 11.3 Å².